The molecule has 0 bridgehead atoms. The van der Waals surface area contributed by atoms with Crippen molar-refractivity contribution in [3.05, 3.63) is 84.8 Å². The molecule has 1 amide bonds. The van der Waals surface area contributed by atoms with Crippen LogP contribution in [0, 0.1) is 0 Å². The van der Waals surface area contributed by atoms with Crippen LogP contribution in [0.3, 0.4) is 0 Å². The first-order valence-electron chi connectivity index (χ1n) is 6.49. The standard InChI is InChI=1S/C9H9NO.C6H7N.CH4O3S/c10-9(11)8-6-4-2-1-3-5-7-8;1-2-4-6-7-5-3-1;1-5(2,3)4/h1-7H,(H2,10,11);1-7H;1H3,(H,2,3,4). The molecule has 0 saturated carbocycles. The van der Waals surface area contributed by atoms with Crippen LogP contribution in [0.15, 0.2) is 84.8 Å². The number of nitrogens with one attached hydrogen (secondary N) is 1. The maximum Gasteiger partial charge on any atom is 0.261 e. The van der Waals surface area contributed by atoms with E-state index in [1.165, 1.54) is 0 Å². The Morgan fingerprint density at radius 2 is 1.39 bits per heavy atom. The summed E-state index contributed by atoms with van der Waals surface area (Å²) < 4.78 is 25.9. The lowest BCUT2D eigenvalue weighted by Crippen LogP contribution is -2.12. The number of hydrogen-bond donors (Lipinski definition) is 3. The third-order valence-electron chi connectivity index (χ3n) is 2.00. The zero-order valence-electron chi connectivity index (χ0n) is 12.7. The van der Waals surface area contributed by atoms with E-state index in [0.717, 1.165) is 0 Å². The van der Waals surface area contributed by atoms with Crippen molar-refractivity contribution in [3.63, 3.8) is 0 Å². The van der Waals surface area contributed by atoms with Crippen LogP contribution in [0.5, 0.6) is 0 Å². The zero-order valence-corrected chi connectivity index (χ0v) is 13.5. The monoisotopic (exact) mass is 336 g/mol. The maximum absolute atomic E-state index is 10.7. The SMILES string of the molecule is C1=CC=CNC=C1.CS(=O)(=O)O.NC(=O)C1=CC=CC=CC=C1. The van der Waals surface area contributed by atoms with Gasteiger partial charge in [0.15, 0.2) is 0 Å². The fourth-order valence-electron chi connectivity index (χ4n) is 1.14. The summed E-state index contributed by atoms with van der Waals surface area (Å²) in [5.74, 6) is -0.402. The number of carbonyl (C=O) groups excluding carboxylic acids is 1. The van der Waals surface area contributed by atoms with E-state index in [-0.39, 0.29) is 0 Å². The molecule has 0 saturated heterocycles. The predicted octanol–water partition coefficient (Wildman–Crippen LogP) is 1.76. The smallest absolute Gasteiger partial charge is 0.261 e. The molecule has 0 aromatic rings. The molecule has 1 aliphatic heterocycles. The van der Waals surface area contributed by atoms with Crippen LogP contribution in [0.4, 0.5) is 0 Å². The van der Waals surface area contributed by atoms with Crippen LogP contribution in [-0.2, 0) is 14.9 Å². The molecule has 0 atom stereocenters. The first-order valence-corrected chi connectivity index (χ1v) is 8.34. The third kappa shape index (κ3) is 17.3. The summed E-state index contributed by atoms with van der Waals surface area (Å²) in [4.78, 5) is 10.7. The summed E-state index contributed by atoms with van der Waals surface area (Å²) in [6, 6.07) is 0. The second-order valence-electron chi connectivity index (χ2n) is 4.12. The van der Waals surface area contributed by atoms with Gasteiger partial charge in [-0.2, -0.15) is 8.42 Å². The van der Waals surface area contributed by atoms with Gasteiger partial charge in [0.25, 0.3) is 10.1 Å². The average molecular weight is 336 g/mol. The number of nitrogens with two attached hydrogens (primary N) is 1. The van der Waals surface area contributed by atoms with E-state index in [1.54, 1.807) is 24.3 Å². The van der Waals surface area contributed by atoms with Crippen LogP contribution in [0.1, 0.15) is 0 Å². The lowest BCUT2D eigenvalue weighted by molar-refractivity contribution is -0.114. The fourth-order valence-corrected chi connectivity index (χ4v) is 1.14. The van der Waals surface area contributed by atoms with Gasteiger partial charge in [-0.25, -0.2) is 0 Å². The lowest BCUT2D eigenvalue weighted by Gasteiger charge is -1.93. The number of amides is 1. The van der Waals surface area contributed by atoms with Crippen LogP contribution in [-0.4, -0.2) is 25.1 Å². The highest BCUT2D eigenvalue weighted by molar-refractivity contribution is 7.85. The van der Waals surface area contributed by atoms with E-state index in [9.17, 15) is 13.2 Å². The van der Waals surface area contributed by atoms with E-state index >= 15 is 0 Å². The molecule has 0 spiro atoms. The number of primary amides is 1. The topological polar surface area (TPSA) is 109 Å². The van der Waals surface area contributed by atoms with E-state index in [4.69, 9.17) is 10.3 Å². The molecular weight excluding hydrogens is 316 g/mol. The van der Waals surface area contributed by atoms with Crippen molar-refractivity contribution in [2.75, 3.05) is 6.26 Å². The van der Waals surface area contributed by atoms with Crippen LogP contribution in [0.25, 0.3) is 0 Å². The summed E-state index contributed by atoms with van der Waals surface area (Å²) in [7, 11) is -3.67. The average Bonchev–Trinajstić information content (AvgIpc) is 2.68. The molecule has 2 aliphatic rings. The molecule has 0 fully saturated rings. The second kappa shape index (κ2) is 12.0. The third-order valence-corrected chi connectivity index (χ3v) is 2.00. The summed E-state index contributed by atoms with van der Waals surface area (Å²) >= 11 is 0. The van der Waals surface area contributed by atoms with Gasteiger partial charge in [-0.3, -0.25) is 9.35 Å². The molecule has 1 aliphatic carbocycles. The highest BCUT2D eigenvalue weighted by atomic mass is 32.2. The van der Waals surface area contributed by atoms with Crippen molar-refractivity contribution in [2.45, 2.75) is 0 Å². The van der Waals surface area contributed by atoms with Gasteiger partial charge in [0.1, 0.15) is 0 Å². The zero-order chi connectivity index (χ0) is 17.6. The van der Waals surface area contributed by atoms with E-state index < -0.39 is 16.0 Å². The van der Waals surface area contributed by atoms with Gasteiger partial charge in [-0.05, 0) is 24.3 Å². The Labute approximate surface area is 136 Å². The first-order chi connectivity index (χ1) is 10.8. The molecule has 6 nitrogen and oxygen atoms in total. The highest BCUT2D eigenvalue weighted by Gasteiger charge is 1.97. The van der Waals surface area contributed by atoms with Gasteiger partial charge in [0, 0.05) is 18.0 Å². The van der Waals surface area contributed by atoms with E-state index in [1.807, 2.05) is 54.9 Å². The summed E-state index contributed by atoms with van der Waals surface area (Å²) in [6.07, 6.45) is 24.8. The molecule has 0 radical (unpaired) electrons. The van der Waals surface area contributed by atoms with Crippen LogP contribution < -0.4 is 11.1 Å². The second-order valence-corrected chi connectivity index (χ2v) is 5.58. The Balaban J connectivity index is 0.000000347. The minimum absolute atomic E-state index is 0.402. The molecule has 23 heavy (non-hydrogen) atoms. The van der Waals surface area contributed by atoms with Gasteiger partial charge >= 0.3 is 0 Å². The fraction of sp³-hybridized carbons (Fsp3) is 0.0625. The minimum atomic E-state index is -3.67. The Morgan fingerprint density at radius 1 is 0.957 bits per heavy atom. The van der Waals surface area contributed by atoms with Gasteiger partial charge in [-0.15, -0.1) is 0 Å². The number of carbonyl (C=O) groups is 1. The van der Waals surface area contributed by atoms with E-state index in [2.05, 4.69) is 5.32 Å². The quantitative estimate of drug-likeness (QED) is 0.632. The molecule has 0 aromatic heterocycles. The van der Waals surface area contributed by atoms with Crippen LogP contribution >= 0.6 is 0 Å². The molecule has 0 unspecified atom stereocenters. The Bertz CT molecular complexity index is 657. The maximum atomic E-state index is 10.7. The molecule has 7 heteroatoms. The molecule has 124 valence electrons. The van der Waals surface area contributed by atoms with Crippen LogP contribution in [0.2, 0.25) is 0 Å². The van der Waals surface area contributed by atoms with Crippen molar-refractivity contribution >= 4 is 16.0 Å². The lowest BCUT2D eigenvalue weighted by atomic mass is 10.2. The normalized spacial score (nSPS) is 14.8. The van der Waals surface area contributed by atoms with Gasteiger partial charge < -0.3 is 11.1 Å². The minimum Gasteiger partial charge on any atom is -0.368 e. The number of hydrogen-bond acceptors (Lipinski definition) is 4. The highest BCUT2D eigenvalue weighted by Crippen LogP contribution is 1.99. The van der Waals surface area contributed by atoms with Gasteiger partial charge in [0.2, 0.25) is 5.91 Å². The van der Waals surface area contributed by atoms with Crippen molar-refractivity contribution < 1.29 is 17.8 Å². The Hall–Kier alpha value is -2.64. The van der Waals surface area contributed by atoms with Crippen molar-refractivity contribution in [1.29, 1.82) is 0 Å². The predicted molar refractivity (Wildman–Crippen MR) is 92.7 cm³/mol. The summed E-state index contributed by atoms with van der Waals surface area (Å²) in [6.45, 7) is 0. The Morgan fingerprint density at radius 3 is 1.91 bits per heavy atom. The van der Waals surface area contributed by atoms with Crippen molar-refractivity contribution in [2.24, 2.45) is 5.73 Å². The molecule has 0 aromatic carbocycles. The van der Waals surface area contributed by atoms with Gasteiger partial charge in [-0.1, -0.05) is 42.5 Å². The number of rotatable bonds is 1. The van der Waals surface area contributed by atoms with E-state index in [0.29, 0.717) is 11.8 Å². The number of allylic oxidation sites excluding steroid dienone is 10. The molecular formula is C16H20N2O4S. The molecule has 2 rings (SSSR count). The molecule has 1 heterocycles. The van der Waals surface area contributed by atoms with Gasteiger partial charge in [0.05, 0.1) is 6.26 Å². The van der Waals surface area contributed by atoms with Crippen molar-refractivity contribution in [3.8, 4) is 0 Å². The molecule has 4 N–H and O–H groups in total. The first kappa shape index (κ1) is 20.4. The van der Waals surface area contributed by atoms with Crippen molar-refractivity contribution in [1.82, 2.24) is 5.32 Å². The summed E-state index contributed by atoms with van der Waals surface area (Å²) in [5, 5.41) is 2.92. The summed E-state index contributed by atoms with van der Waals surface area (Å²) in [5.41, 5.74) is 5.59. The Kier molecular flexibility index (Phi) is 10.6. The largest absolute Gasteiger partial charge is 0.368 e.